The van der Waals surface area contributed by atoms with Crippen LogP contribution in [0.5, 0.6) is 0 Å². The van der Waals surface area contributed by atoms with Gasteiger partial charge in [-0.05, 0) is 24.3 Å². The topological polar surface area (TPSA) is 12.4 Å². The maximum absolute atomic E-state index is 13.0. The molecule has 2 rings (SSSR count). The van der Waals surface area contributed by atoms with Crippen molar-refractivity contribution in [2.45, 2.75) is 0 Å². The molecule has 16 heavy (non-hydrogen) atoms. The highest BCUT2D eigenvalue weighted by atomic mass is 35.5. The number of aliphatic imine (C=N–C) groups is 1. The first-order valence-electron chi connectivity index (χ1n) is 4.81. The van der Waals surface area contributed by atoms with Crippen LogP contribution in [0.1, 0.15) is 5.56 Å². The molecule has 0 saturated carbocycles. The van der Waals surface area contributed by atoms with Crippen LogP contribution >= 0.6 is 11.6 Å². The Morgan fingerprint density at radius 2 is 1.75 bits per heavy atom. The van der Waals surface area contributed by atoms with E-state index >= 15 is 0 Å². The normalized spacial score (nSPS) is 11.5. The summed E-state index contributed by atoms with van der Waals surface area (Å²) in [5, 5.41) is 0.283. The smallest absolute Gasteiger partial charge is 0.137 e. The highest BCUT2D eigenvalue weighted by molar-refractivity contribution is 6.69. The summed E-state index contributed by atoms with van der Waals surface area (Å²) in [4.78, 5) is 4.19. The van der Waals surface area contributed by atoms with E-state index in [1.807, 2.05) is 30.3 Å². The third kappa shape index (κ3) is 2.67. The summed E-state index contributed by atoms with van der Waals surface area (Å²) >= 11 is 6.00. The molecule has 1 nitrogen and oxygen atoms in total. The van der Waals surface area contributed by atoms with Gasteiger partial charge < -0.3 is 0 Å². The second-order valence-corrected chi connectivity index (χ2v) is 3.61. The number of para-hydroxylation sites is 1. The van der Waals surface area contributed by atoms with E-state index in [1.165, 1.54) is 12.1 Å². The average molecular weight is 234 g/mol. The third-order valence-electron chi connectivity index (χ3n) is 2.05. The van der Waals surface area contributed by atoms with E-state index in [4.69, 9.17) is 11.6 Å². The maximum Gasteiger partial charge on any atom is 0.137 e. The molecule has 2 aromatic carbocycles. The van der Waals surface area contributed by atoms with Crippen molar-refractivity contribution in [3.05, 3.63) is 66.0 Å². The molecule has 0 bridgehead atoms. The predicted octanol–water partition coefficient (Wildman–Crippen LogP) is 4.14. The number of nitrogens with zero attached hydrogens (tertiary/aromatic N) is 1. The molecule has 0 aliphatic carbocycles. The quantitative estimate of drug-likeness (QED) is 0.692. The van der Waals surface area contributed by atoms with Gasteiger partial charge in [-0.25, -0.2) is 9.38 Å². The van der Waals surface area contributed by atoms with Crippen LogP contribution in [-0.2, 0) is 0 Å². The Bertz CT molecular complexity index is 508. The van der Waals surface area contributed by atoms with Gasteiger partial charge in [0.1, 0.15) is 11.0 Å². The molecule has 0 radical (unpaired) electrons. The molecule has 0 atom stereocenters. The van der Waals surface area contributed by atoms with Gasteiger partial charge in [0.25, 0.3) is 0 Å². The van der Waals surface area contributed by atoms with E-state index in [1.54, 1.807) is 12.1 Å². The van der Waals surface area contributed by atoms with E-state index in [-0.39, 0.29) is 11.0 Å². The minimum Gasteiger partial charge on any atom is -0.236 e. The number of benzene rings is 2. The zero-order valence-electron chi connectivity index (χ0n) is 8.40. The van der Waals surface area contributed by atoms with E-state index in [0.717, 1.165) is 5.69 Å². The largest absolute Gasteiger partial charge is 0.236 e. The summed E-state index contributed by atoms with van der Waals surface area (Å²) < 4.78 is 13.0. The molecule has 0 aliphatic heterocycles. The van der Waals surface area contributed by atoms with Crippen LogP contribution in [-0.4, -0.2) is 5.17 Å². The molecule has 0 unspecified atom stereocenters. The highest BCUT2D eigenvalue weighted by Gasteiger charge is 2.01. The van der Waals surface area contributed by atoms with E-state index in [9.17, 15) is 4.39 Å². The minimum atomic E-state index is -0.320. The molecule has 0 spiro atoms. The molecular formula is C13H9ClFN. The average Bonchev–Trinajstić information content (AvgIpc) is 2.30. The van der Waals surface area contributed by atoms with Gasteiger partial charge in [0, 0.05) is 5.56 Å². The third-order valence-corrected chi connectivity index (χ3v) is 2.35. The van der Waals surface area contributed by atoms with Crippen LogP contribution in [0.15, 0.2) is 59.6 Å². The van der Waals surface area contributed by atoms with Crippen molar-refractivity contribution < 1.29 is 4.39 Å². The van der Waals surface area contributed by atoms with E-state index < -0.39 is 0 Å². The molecule has 3 heteroatoms. The van der Waals surface area contributed by atoms with Gasteiger partial charge >= 0.3 is 0 Å². The van der Waals surface area contributed by atoms with Crippen molar-refractivity contribution in [2.24, 2.45) is 4.99 Å². The highest BCUT2D eigenvalue weighted by Crippen LogP contribution is 2.15. The molecule has 0 heterocycles. The first-order chi connectivity index (χ1) is 7.75. The van der Waals surface area contributed by atoms with E-state index in [0.29, 0.717) is 5.56 Å². The van der Waals surface area contributed by atoms with Gasteiger partial charge in [-0.15, -0.1) is 0 Å². The van der Waals surface area contributed by atoms with Crippen molar-refractivity contribution in [1.29, 1.82) is 0 Å². The van der Waals surface area contributed by atoms with Crippen LogP contribution in [0.4, 0.5) is 10.1 Å². The maximum atomic E-state index is 13.0. The number of hydrogen-bond donors (Lipinski definition) is 0. The van der Waals surface area contributed by atoms with Crippen molar-refractivity contribution in [1.82, 2.24) is 0 Å². The van der Waals surface area contributed by atoms with Gasteiger partial charge in [0.15, 0.2) is 0 Å². The molecular weight excluding hydrogens is 225 g/mol. The van der Waals surface area contributed by atoms with Crippen molar-refractivity contribution in [2.75, 3.05) is 0 Å². The molecule has 80 valence electrons. The second kappa shape index (κ2) is 4.90. The number of hydrogen-bond acceptors (Lipinski definition) is 1. The Kier molecular flexibility index (Phi) is 3.32. The fourth-order valence-corrected chi connectivity index (χ4v) is 1.51. The Balaban J connectivity index is 2.32. The predicted molar refractivity (Wildman–Crippen MR) is 64.9 cm³/mol. The first kappa shape index (κ1) is 10.8. The van der Waals surface area contributed by atoms with Crippen LogP contribution in [0.3, 0.4) is 0 Å². The second-order valence-electron chi connectivity index (χ2n) is 3.25. The summed E-state index contributed by atoms with van der Waals surface area (Å²) in [5.74, 6) is -0.320. The molecule has 0 amide bonds. The van der Waals surface area contributed by atoms with Gasteiger partial charge in [0.05, 0.1) is 5.69 Å². The standard InChI is InChI=1S/C13H9ClFN/c14-13(10-5-4-6-11(15)9-10)16-12-7-2-1-3-8-12/h1-9H/b16-13-. The summed E-state index contributed by atoms with van der Waals surface area (Å²) in [5.41, 5.74) is 1.32. The SMILES string of the molecule is Fc1cccc(/C(Cl)=N/c2ccccc2)c1. The lowest BCUT2D eigenvalue weighted by molar-refractivity contribution is 0.627. The summed E-state index contributed by atoms with van der Waals surface area (Å²) in [6, 6.07) is 15.4. The van der Waals surface area contributed by atoms with Crippen molar-refractivity contribution >= 4 is 22.5 Å². The zero-order valence-corrected chi connectivity index (χ0v) is 9.16. The van der Waals surface area contributed by atoms with Crippen molar-refractivity contribution in [3.8, 4) is 0 Å². The van der Waals surface area contributed by atoms with Crippen LogP contribution < -0.4 is 0 Å². The van der Waals surface area contributed by atoms with Gasteiger partial charge in [-0.3, -0.25) is 0 Å². The lowest BCUT2D eigenvalue weighted by Crippen LogP contribution is -1.91. The minimum absolute atomic E-state index is 0.283. The number of rotatable bonds is 2. The zero-order chi connectivity index (χ0) is 11.4. The Morgan fingerprint density at radius 1 is 1.00 bits per heavy atom. The lowest BCUT2D eigenvalue weighted by Gasteiger charge is -1.99. The molecule has 0 fully saturated rings. The molecule has 0 aromatic heterocycles. The Morgan fingerprint density at radius 3 is 2.44 bits per heavy atom. The Hall–Kier alpha value is -1.67. The summed E-state index contributed by atoms with van der Waals surface area (Å²) in [6.07, 6.45) is 0. The molecule has 0 N–H and O–H groups in total. The van der Waals surface area contributed by atoms with Gasteiger partial charge in [-0.2, -0.15) is 0 Å². The van der Waals surface area contributed by atoms with Gasteiger partial charge in [0.2, 0.25) is 0 Å². The molecule has 2 aromatic rings. The van der Waals surface area contributed by atoms with E-state index in [2.05, 4.69) is 4.99 Å². The fourth-order valence-electron chi connectivity index (χ4n) is 1.30. The lowest BCUT2D eigenvalue weighted by atomic mass is 10.2. The van der Waals surface area contributed by atoms with Crippen LogP contribution in [0.2, 0.25) is 0 Å². The van der Waals surface area contributed by atoms with Crippen LogP contribution in [0, 0.1) is 5.82 Å². The molecule has 0 aliphatic rings. The summed E-state index contributed by atoms with van der Waals surface area (Å²) in [6.45, 7) is 0. The fraction of sp³-hybridized carbons (Fsp3) is 0. The Labute approximate surface area is 98.2 Å². The first-order valence-corrected chi connectivity index (χ1v) is 5.19. The van der Waals surface area contributed by atoms with Crippen molar-refractivity contribution in [3.63, 3.8) is 0 Å². The molecule has 0 saturated heterocycles. The van der Waals surface area contributed by atoms with Gasteiger partial charge in [-0.1, -0.05) is 41.9 Å². The van der Waals surface area contributed by atoms with Crippen LogP contribution in [0.25, 0.3) is 0 Å². The summed E-state index contributed by atoms with van der Waals surface area (Å²) in [7, 11) is 0. The number of halogens is 2. The monoisotopic (exact) mass is 233 g/mol.